The molecule has 0 saturated carbocycles. The van der Waals surface area contributed by atoms with Crippen molar-refractivity contribution in [1.29, 1.82) is 0 Å². The fraction of sp³-hybridized carbons (Fsp3) is 0.143. The SMILES string of the molecule is COC(=O)c1ccc(CNc2ccccc2C(=O)O)[nH]1. The van der Waals surface area contributed by atoms with Crippen molar-refractivity contribution in [3.63, 3.8) is 0 Å². The number of hydrogen-bond donors (Lipinski definition) is 3. The second kappa shape index (κ2) is 5.92. The number of para-hydroxylation sites is 1. The van der Waals surface area contributed by atoms with Crippen molar-refractivity contribution in [3.8, 4) is 0 Å². The summed E-state index contributed by atoms with van der Waals surface area (Å²) in [5.41, 5.74) is 1.84. The van der Waals surface area contributed by atoms with E-state index in [9.17, 15) is 9.59 Å². The van der Waals surface area contributed by atoms with Crippen LogP contribution in [0.3, 0.4) is 0 Å². The summed E-state index contributed by atoms with van der Waals surface area (Å²) in [6.45, 7) is 0.376. The summed E-state index contributed by atoms with van der Waals surface area (Å²) in [7, 11) is 1.31. The molecule has 6 nitrogen and oxygen atoms in total. The molecule has 0 atom stereocenters. The Labute approximate surface area is 115 Å². The number of nitrogens with one attached hydrogen (secondary N) is 2. The molecule has 0 aliphatic rings. The summed E-state index contributed by atoms with van der Waals surface area (Å²) < 4.78 is 4.59. The Bertz CT molecular complexity index is 634. The monoisotopic (exact) mass is 274 g/mol. The summed E-state index contributed by atoms with van der Waals surface area (Å²) >= 11 is 0. The van der Waals surface area contributed by atoms with Gasteiger partial charge in [0.05, 0.1) is 19.2 Å². The third-order valence-electron chi connectivity index (χ3n) is 2.78. The van der Waals surface area contributed by atoms with Crippen molar-refractivity contribution in [2.45, 2.75) is 6.54 Å². The molecule has 0 amide bonds. The standard InChI is InChI=1S/C14H14N2O4/c1-20-14(19)12-7-6-9(16-12)8-15-11-5-3-2-4-10(11)13(17)18/h2-7,15-16H,8H2,1H3,(H,17,18). The van der Waals surface area contributed by atoms with E-state index in [1.54, 1.807) is 30.3 Å². The van der Waals surface area contributed by atoms with Gasteiger partial charge in [0.25, 0.3) is 0 Å². The van der Waals surface area contributed by atoms with Gasteiger partial charge in [0.15, 0.2) is 0 Å². The van der Waals surface area contributed by atoms with Crippen molar-refractivity contribution in [2.75, 3.05) is 12.4 Å². The van der Waals surface area contributed by atoms with Crippen LogP contribution in [0, 0.1) is 0 Å². The molecule has 6 heteroatoms. The molecule has 20 heavy (non-hydrogen) atoms. The summed E-state index contributed by atoms with van der Waals surface area (Å²) in [4.78, 5) is 25.2. The Kier molecular flexibility index (Phi) is 4.05. The zero-order chi connectivity index (χ0) is 14.5. The maximum Gasteiger partial charge on any atom is 0.354 e. The number of carbonyl (C=O) groups is 2. The molecular formula is C14H14N2O4. The normalized spacial score (nSPS) is 10.1. The third-order valence-corrected chi connectivity index (χ3v) is 2.78. The van der Waals surface area contributed by atoms with Gasteiger partial charge >= 0.3 is 11.9 Å². The van der Waals surface area contributed by atoms with Gasteiger partial charge in [0, 0.05) is 11.4 Å². The van der Waals surface area contributed by atoms with Crippen LogP contribution in [-0.4, -0.2) is 29.1 Å². The molecule has 0 unspecified atom stereocenters. The van der Waals surface area contributed by atoms with Crippen molar-refractivity contribution in [2.24, 2.45) is 0 Å². The average molecular weight is 274 g/mol. The Morgan fingerprint density at radius 1 is 1.25 bits per heavy atom. The minimum absolute atomic E-state index is 0.201. The molecule has 3 N–H and O–H groups in total. The van der Waals surface area contributed by atoms with Crippen molar-refractivity contribution >= 4 is 17.6 Å². The zero-order valence-electron chi connectivity index (χ0n) is 10.8. The van der Waals surface area contributed by atoms with E-state index in [2.05, 4.69) is 15.0 Å². The minimum atomic E-state index is -0.991. The first-order chi connectivity index (χ1) is 9.61. The fourth-order valence-corrected chi connectivity index (χ4v) is 1.79. The maximum absolute atomic E-state index is 11.3. The van der Waals surface area contributed by atoms with Crippen LogP contribution >= 0.6 is 0 Å². The minimum Gasteiger partial charge on any atom is -0.478 e. The summed E-state index contributed by atoms with van der Waals surface area (Å²) in [5, 5.41) is 12.1. The van der Waals surface area contributed by atoms with Gasteiger partial charge in [-0.2, -0.15) is 0 Å². The highest BCUT2D eigenvalue weighted by atomic mass is 16.5. The van der Waals surface area contributed by atoms with Gasteiger partial charge in [-0.3, -0.25) is 0 Å². The van der Waals surface area contributed by atoms with E-state index in [1.807, 2.05) is 0 Å². The van der Waals surface area contributed by atoms with Gasteiger partial charge in [-0.15, -0.1) is 0 Å². The quantitative estimate of drug-likeness (QED) is 0.726. The smallest absolute Gasteiger partial charge is 0.354 e. The molecular weight excluding hydrogens is 260 g/mol. The molecule has 0 bridgehead atoms. The average Bonchev–Trinajstić information content (AvgIpc) is 2.93. The first-order valence-electron chi connectivity index (χ1n) is 5.94. The van der Waals surface area contributed by atoms with E-state index in [0.29, 0.717) is 17.9 Å². The van der Waals surface area contributed by atoms with E-state index in [4.69, 9.17) is 5.11 Å². The highest BCUT2D eigenvalue weighted by Gasteiger charge is 2.10. The van der Waals surface area contributed by atoms with Crippen LogP contribution in [0.15, 0.2) is 36.4 Å². The van der Waals surface area contributed by atoms with E-state index in [0.717, 1.165) is 5.69 Å². The number of anilines is 1. The Hall–Kier alpha value is -2.76. The predicted octanol–water partition coefficient (Wildman–Crippen LogP) is 2.11. The molecule has 0 aliphatic heterocycles. The largest absolute Gasteiger partial charge is 0.478 e. The number of hydrogen-bond acceptors (Lipinski definition) is 4. The first-order valence-corrected chi connectivity index (χ1v) is 5.94. The number of esters is 1. The van der Waals surface area contributed by atoms with Crippen molar-refractivity contribution in [3.05, 3.63) is 53.3 Å². The number of benzene rings is 1. The van der Waals surface area contributed by atoms with E-state index in [-0.39, 0.29) is 5.56 Å². The van der Waals surface area contributed by atoms with Crippen LogP contribution in [0.4, 0.5) is 5.69 Å². The number of methoxy groups -OCH3 is 1. The van der Waals surface area contributed by atoms with Gasteiger partial charge in [-0.05, 0) is 24.3 Å². The van der Waals surface area contributed by atoms with Gasteiger partial charge in [0.2, 0.25) is 0 Å². The topological polar surface area (TPSA) is 91.4 Å². The number of aromatic carboxylic acids is 1. The number of H-pyrrole nitrogens is 1. The van der Waals surface area contributed by atoms with Crippen LogP contribution < -0.4 is 5.32 Å². The lowest BCUT2D eigenvalue weighted by Gasteiger charge is -2.08. The molecule has 0 fully saturated rings. The molecule has 1 heterocycles. The second-order valence-electron chi connectivity index (χ2n) is 4.09. The highest BCUT2D eigenvalue weighted by Crippen LogP contribution is 2.16. The molecule has 2 aromatic rings. The number of aromatic nitrogens is 1. The number of carboxylic acid groups (broad SMARTS) is 1. The van der Waals surface area contributed by atoms with E-state index in [1.165, 1.54) is 13.2 Å². The van der Waals surface area contributed by atoms with E-state index < -0.39 is 11.9 Å². The summed E-state index contributed by atoms with van der Waals surface area (Å²) in [5.74, 6) is -1.43. The van der Waals surface area contributed by atoms with Crippen LogP contribution in [-0.2, 0) is 11.3 Å². The molecule has 2 rings (SSSR count). The van der Waals surface area contributed by atoms with Gasteiger partial charge in [0.1, 0.15) is 5.69 Å². The second-order valence-corrected chi connectivity index (χ2v) is 4.09. The Balaban J connectivity index is 2.07. The number of rotatable bonds is 5. The lowest BCUT2D eigenvalue weighted by molar-refractivity contribution is 0.0594. The first kappa shape index (κ1) is 13.7. The summed E-state index contributed by atoms with van der Waals surface area (Å²) in [6, 6.07) is 9.99. The molecule has 1 aromatic heterocycles. The number of carboxylic acids is 1. The summed E-state index contributed by atoms with van der Waals surface area (Å²) in [6.07, 6.45) is 0. The molecule has 0 aliphatic carbocycles. The van der Waals surface area contributed by atoms with E-state index >= 15 is 0 Å². The maximum atomic E-state index is 11.3. The lowest BCUT2D eigenvalue weighted by Crippen LogP contribution is -2.07. The Morgan fingerprint density at radius 3 is 2.70 bits per heavy atom. The Morgan fingerprint density at radius 2 is 2.00 bits per heavy atom. The lowest BCUT2D eigenvalue weighted by atomic mass is 10.2. The molecule has 1 aromatic carbocycles. The zero-order valence-corrected chi connectivity index (χ0v) is 10.8. The number of ether oxygens (including phenoxy) is 1. The molecule has 0 radical (unpaired) electrons. The molecule has 0 spiro atoms. The number of carbonyl (C=O) groups excluding carboxylic acids is 1. The van der Waals surface area contributed by atoms with Crippen LogP contribution in [0.5, 0.6) is 0 Å². The van der Waals surface area contributed by atoms with Crippen molar-refractivity contribution < 1.29 is 19.4 Å². The predicted molar refractivity (Wildman–Crippen MR) is 72.9 cm³/mol. The van der Waals surface area contributed by atoms with Crippen LogP contribution in [0.25, 0.3) is 0 Å². The third kappa shape index (κ3) is 2.97. The molecule has 104 valence electrons. The van der Waals surface area contributed by atoms with Crippen LogP contribution in [0.2, 0.25) is 0 Å². The fourth-order valence-electron chi connectivity index (χ4n) is 1.79. The van der Waals surface area contributed by atoms with Gasteiger partial charge in [-0.25, -0.2) is 9.59 Å². The van der Waals surface area contributed by atoms with Gasteiger partial charge in [-0.1, -0.05) is 12.1 Å². The van der Waals surface area contributed by atoms with Crippen molar-refractivity contribution in [1.82, 2.24) is 4.98 Å². The van der Waals surface area contributed by atoms with Gasteiger partial charge < -0.3 is 20.1 Å². The highest BCUT2D eigenvalue weighted by molar-refractivity contribution is 5.94. The molecule has 0 saturated heterocycles. The van der Waals surface area contributed by atoms with Crippen LogP contribution in [0.1, 0.15) is 26.5 Å². The number of aromatic amines is 1.